The molecular formula is C22H33NO2. The molecule has 3 nitrogen and oxygen atoms in total. The van der Waals surface area contributed by atoms with Crippen LogP contribution in [0.25, 0.3) is 0 Å². The summed E-state index contributed by atoms with van der Waals surface area (Å²) in [6.07, 6.45) is 10.6. The standard InChI is InChI=1S/C22H33NO2/c1-16(2)23(17(3)4)13-12-20(19-8-6-5-7-9-19)21-14-18(15-24)10-11-22(21)25/h5-8,10-11,14,16-17,19-20,24-25H,9,12-13,15H2,1-4H3/t19?,20-/m1/s1. The zero-order valence-corrected chi connectivity index (χ0v) is 16.0. The molecule has 0 aliphatic heterocycles. The fourth-order valence-electron chi connectivity index (χ4n) is 3.90. The fraction of sp³-hybridized carbons (Fsp3) is 0.545. The molecule has 0 saturated carbocycles. The summed E-state index contributed by atoms with van der Waals surface area (Å²) in [5.74, 6) is 0.963. The van der Waals surface area contributed by atoms with E-state index in [-0.39, 0.29) is 12.5 Å². The van der Waals surface area contributed by atoms with Crippen LogP contribution >= 0.6 is 0 Å². The molecule has 25 heavy (non-hydrogen) atoms. The molecule has 0 aromatic heterocycles. The highest BCUT2D eigenvalue weighted by atomic mass is 16.3. The van der Waals surface area contributed by atoms with E-state index in [1.54, 1.807) is 12.1 Å². The smallest absolute Gasteiger partial charge is 0.119 e. The van der Waals surface area contributed by atoms with Crippen molar-refractivity contribution in [3.05, 3.63) is 53.6 Å². The summed E-state index contributed by atoms with van der Waals surface area (Å²) < 4.78 is 0. The number of nitrogens with zero attached hydrogens (tertiary/aromatic N) is 1. The summed E-state index contributed by atoms with van der Waals surface area (Å²) >= 11 is 0. The lowest BCUT2D eigenvalue weighted by atomic mass is 9.79. The summed E-state index contributed by atoms with van der Waals surface area (Å²) in [5, 5.41) is 20.0. The van der Waals surface area contributed by atoms with Gasteiger partial charge in [-0.05, 0) is 82.2 Å². The zero-order valence-electron chi connectivity index (χ0n) is 16.0. The predicted octanol–water partition coefficient (Wildman–Crippen LogP) is 4.61. The number of hydrogen-bond acceptors (Lipinski definition) is 3. The molecule has 0 heterocycles. The summed E-state index contributed by atoms with van der Waals surface area (Å²) in [6, 6.07) is 6.49. The third-order valence-electron chi connectivity index (χ3n) is 5.23. The highest BCUT2D eigenvalue weighted by Crippen LogP contribution is 2.38. The third kappa shape index (κ3) is 5.20. The number of allylic oxidation sites excluding steroid dienone is 4. The van der Waals surface area contributed by atoms with E-state index in [4.69, 9.17) is 0 Å². The molecule has 3 heteroatoms. The molecule has 138 valence electrons. The van der Waals surface area contributed by atoms with Crippen LogP contribution in [-0.4, -0.2) is 33.7 Å². The molecule has 2 N–H and O–H groups in total. The normalized spacial score (nSPS) is 18.5. The zero-order chi connectivity index (χ0) is 18.4. The lowest BCUT2D eigenvalue weighted by molar-refractivity contribution is 0.165. The number of hydrogen-bond donors (Lipinski definition) is 2. The first-order valence-corrected chi connectivity index (χ1v) is 9.45. The first kappa shape index (κ1) is 19.7. The van der Waals surface area contributed by atoms with Crippen LogP contribution in [0.3, 0.4) is 0 Å². The van der Waals surface area contributed by atoms with Crippen LogP contribution in [0.1, 0.15) is 57.6 Å². The molecule has 1 aromatic rings. The Morgan fingerprint density at radius 2 is 1.84 bits per heavy atom. The predicted molar refractivity (Wildman–Crippen MR) is 105 cm³/mol. The van der Waals surface area contributed by atoms with Gasteiger partial charge in [0.1, 0.15) is 5.75 Å². The molecule has 0 amide bonds. The molecule has 0 fully saturated rings. The summed E-state index contributed by atoms with van der Waals surface area (Å²) in [6.45, 7) is 9.95. The number of rotatable bonds is 8. The van der Waals surface area contributed by atoms with Crippen LogP contribution in [0, 0.1) is 5.92 Å². The van der Waals surface area contributed by atoms with Gasteiger partial charge in [-0.25, -0.2) is 0 Å². The molecule has 1 unspecified atom stereocenters. The summed E-state index contributed by atoms with van der Waals surface area (Å²) in [7, 11) is 0. The minimum absolute atomic E-state index is 0.00449. The van der Waals surface area contributed by atoms with E-state index < -0.39 is 0 Å². The minimum atomic E-state index is 0.00449. The van der Waals surface area contributed by atoms with E-state index in [1.807, 2.05) is 6.07 Å². The Morgan fingerprint density at radius 1 is 1.12 bits per heavy atom. The number of aliphatic hydroxyl groups is 1. The molecular weight excluding hydrogens is 310 g/mol. The molecule has 0 radical (unpaired) electrons. The van der Waals surface area contributed by atoms with Gasteiger partial charge in [0, 0.05) is 12.1 Å². The highest BCUT2D eigenvalue weighted by molar-refractivity contribution is 5.40. The van der Waals surface area contributed by atoms with Gasteiger partial charge in [0.25, 0.3) is 0 Å². The van der Waals surface area contributed by atoms with Gasteiger partial charge >= 0.3 is 0 Å². The second-order valence-electron chi connectivity index (χ2n) is 7.58. The SMILES string of the molecule is CC(C)N(CC[C@@H](c1cc(CO)ccc1O)C1C=CC=CC1)C(C)C. The van der Waals surface area contributed by atoms with Crippen molar-refractivity contribution < 1.29 is 10.2 Å². The highest BCUT2D eigenvalue weighted by Gasteiger charge is 2.26. The van der Waals surface area contributed by atoms with Gasteiger partial charge in [-0.15, -0.1) is 0 Å². The van der Waals surface area contributed by atoms with E-state index in [2.05, 4.69) is 56.9 Å². The fourth-order valence-corrected chi connectivity index (χ4v) is 3.90. The van der Waals surface area contributed by atoms with Crippen LogP contribution in [0.2, 0.25) is 0 Å². The van der Waals surface area contributed by atoms with E-state index in [0.29, 0.717) is 23.8 Å². The Balaban J connectivity index is 2.27. The van der Waals surface area contributed by atoms with Crippen molar-refractivity contribution in [1.29, 1.82) is 0 Å². The Morgan fingerprint density at radius 3 is 2.40 bits per heavy atom. The number of aromatic hydroxyl groups is 1. The van der Waals surface area contributed by atoms with Crippen LogP contribution in [-0.2, 0) is 6.61 Å². The lowest BCUT2D eigenvalue weighted by Gasteiger charge is -2.34. The Hall–Kier alpha value is -1.58. The van der Waals surface area contributed by atoms with Crippen LogP contribution < -0.4 is 0 Å². The molecule has 2 rings (SSSR count). The molecule has 1 aliphatic rings. The molecule has 1 aromatic carbocycles. The van der Waals surface area contributed by atoms with Gasteiger partial charge in [0.2, 0.25) is 0 Å². The van der Waals surface area contributed by atoms with Crippen molar-refractivity contribution in [2.45, 2.75) is 65.1 Å². The second kappa shape index (κ2) is 9.21. The van der Waals surface area contributed by atoms with Crippen molar-refractivity contribution >= 4 is 0 Å². The topological polar surface area (TPSA) is 43.7 Å². The average molecular weight is 344 g/mol. The second-order valence-corrected chi connectivity index (χ2v) is 7.58. The van der Waals surface area contributed by atoms with Gasteiger partial charge in [-0.1, -0.05) is 30.4 Å². The van der Waals surface area contributed by atoms with Crippen LogP contribution in [0.4, 0.5) is 0 Å². The first-order valence-electron chi connectivity index (χ1n) is 9.45. The minimum Gasteiger partial charge on any atom is -0.508 e. The number of phenolic OH excluding ortho intramolecular Hbond substituents is 1. The quantitative estimate of drug-likeness (QED) is 0.724. The largest absolute Gasteiger partial charge is 0.508 e. The van der Waals surface area contributed by atoms with E-state index >= 15 is 0 Å². The van der Waals surface area contributed by atoms with E-state index in [0.717, 1.165) is 30.5 Å². The lowest BCUT2D eigenvalue weighted by Crippen LogP contribution is -2.38. The van der Waals surface area contributed by atoms with Crippen molar-refractivity contribution in [3.63, 3.8) is 0 Å². The number of phenols is 1. The van der Waals surface area contributed by atoms with Gasteiger partial charge < -0.3 is 10.2 Å². The van der Waals surface area contributed by atoms with Crippen molar-refractivity contribution in [2.24, 2.45) is 5.92 Å². The Kier molecular flexibility index (Phi) is 7.27. The monoisotopic (exact) mass is 343 g/mol. The first-order chi connectivity index (χ1) is 11.9. The summed E-state index contributed by atoms with van der Waals surface area (Å²) in [5.41, 5.74) is 1.82. The molecule has 0 spiro atoms. The van der Waals surface area contributed by atoms with Gasteiger partial charge in [-0.3, -0.25) is 4.90 Å². The average Bonchev–Trinajstić information content (AvgIpc) is 2.59. The molecule has 0 bridgehead atoms. The molecule has 1 aliphatic carbocycles. The van der Waals surface area contributed by atoms with Crippen LogP contribution in [0.5, 0.6) is 5.75 Å². The van der Waals surface area contributed by atoms with Gasteiger partial charge in [0.05, 0.1) is 6.61 Å². The number of benzene rings is 1. The maximum atomic E-state index is 10.5. The van der Waals surface area contributed by atoms with Crippen molar-refractivity contribution in [1.82, 2.24) is 4.90 Å². The van der Waals surface area contributed by atoms with Gasteiger partial charge in [-0.2, -0.15) is 0 Å². The van der Waals surface area contributed by atoms with Crippen LogP contribution in [0.15, 0.2) is 42.5 Å². The van der Waals surface area contributed by atoms with E-state index in [1.165, 1.54) is 0 Å². The Bertz CT molecular complexity index is 596. The third-order valence-corrected chi connectivity index (χ3v) is 5.23. The van der Waals surface area contributed by atoms with Gasteiger partial charge in [0.15, 0.2) is 0 Å². The number of aliphatic hydroxyl groups excluding tert-OH is 1. The molecule has 0 saturated heterocycles. The maximum absolute atomic E-state index is 10.5. The van der Waals surface area contributed by atoms with Crippen molar-refractivity contribution in [3.8, 4) is 5.75 Å². The Labute approximate surface area is 152 Å². The summed E-state index contributed by atoms with van der Waals surface area (Å²) in [4.78, 5) is 2.50. The maximum Gasteiger partial charge on any atom is 0.119 e. The van der Waals surface area contributed by atoms with Crippen molar-refractivity contribution in [2.75, 3.05) is 6.54 Å². The van der Waals surface area contributed by atoms with E-state index in [9.17, 15) is 10.2 Å². The molecule has 2 atom stereocenters.